The van der Waals surface area contributed by atoms with Crippen molar-refractivity contribution in [3.63, 3.8) is 0 Å². The van der Waals surface area contributed by atoms with E-state index in [1.54, 1.807) is 18.0 Å². The highest BCUT2D eigenvalue weighted by Crippen LogP contribution is 2.27. The van der Waals surface area contributed by atoms with Crippen molar-refractivity contribution in [3.8, 4) is 0 Å². The molecule has 0 spiro atoms. The third-order valence-electron chi connectivity index (χ3n) is 2.47. The van der Waals surface area contributed by atoms with Crippen LogP contribution in [0.4, 0.5) is 5.69 Å². The van der Waals surface area contributed by atoms with Crippen LogP contribution in [0.5, 0.6) is 0 Å². The fourth-order valence-electron chi connectivity index (χ4n) is 1.58. The Labute approximate surface area is 99.7 Å². The van der Waals surface area contributed by atoms with E-state index in [0.717, 1.165) is 11.4 Å². The zero-order valence-electron chi connectivity index (χ0n) is 9.40. The summed E-state index contributed by atoms with van der Waals surface area (Å²) in [4.78, 5) is 1.26. The molecule has 2 N–H and O–H groups in total. The average molecular weight is 233 g/mol. The first-order valence-corrected chi connectivity index (χ1v) is 6.42. The van der Waals surface area contributed by atoms with Crippen LogP contribution in [0, 0.1) is 0 Å². The Morgan fingerprint density at radius 3 is 2.81 bits per heavy atom. The minimum absolute atomic E-state index is 0.232. The fraction of sp³-hybridized carbons (Fsp3) is 0.250. The highest BCUT2D eigenvalue weighted by Gasteiger charge is 2.08. The molecule has 0 aliphatic carbocycles. The monoisotopic (exact) mass is 233 g/mol. The standard InChI is InChI=1S/C12H15N3S/c1-9(10-7-8-13-15-10)14-11-5-3-4-6-12(11)16-2/h3-9,14H,1-2H3,(H,13,15). The molecule has 2 aromatic rings. The summed E-state index contributed by atoms with van der Waals surface area (Å²) in [5.74, 6) is 0. The minimum atomic E-state index is 0.232. The van der Waals surface area contributed by atoms with E-state index in [1.807, 2.05) is 12.1 Å². The molecule has 0 saturated carbocycles. The molecule has 1 atom stereocenters. The number of nitrogens with one attached hydrogen (secondary N) is 2. The number of rotatable bonds is 4. The first kappa shape index (κ1) is 11.1. The third-order valence-corrected chi connectivity index (χ3v) is 3.26. The predicted octanol–water partition coefficient (Wildman–Crippen LogP) is 3.30. The zero-order chi connectivity index (χ0) is 11.4. The number of hydrogen-bond acceptors (Lipinski definition) is 3. The zero-order valence-corrected chi connectivity index (χ0v) is 10.2. The van der Waals surface area contributed by atoms with Crippen LogP contribution in [0.3, 0.4) is 0 Å². The molecular formula is C12H15N3S. The summed E-state index contributed by atoms with van der Waals surface area (Å²) < 4.78 is 0. The van der Waals surface area contributed by atoms with Crippen LogP contribution in [0.25, 0.3) is 0 Å². The minimum Gasteiger partial charge on any atom is -0.376 e. The number of nitrogens with zero attached hydrogens (tertiary/aromatic N) is 1. The normalized spacial score (nSPS) is 12.4. The van der Waals surface area contributed by atoms with Crippen LogP contribution in [0.2, 0.25) is 0 Å². The van der Waals surface area contributed by atoms with Crippen molar-refractivity contribution in [2.24, 2.45) is 0 Å². The quantitative estimate of drug-likeness (QED) is 0.796. The molecular weight excluding hydrogens is 218 g/mol. The molecule has 0 aliphatic heterocycles. The number of hydrogen-bond donors (Lipinski definition) is 2. The molecule has 3 nitrogen and oxygen atoms in total. The van der Waals surface area contributed by atoms with Gasteiger partial charge in [-0.1, -0.05) is 12.1 Å². The second-order valence-electron chi connectivity index (χ2n) is 3.58. The Kier molecular flexibility index (Phi) is 3.51. The van der Waals surface area contributed by atoms with Crippen LogP contribution in [0.15, 0.2) is 41.4 Å². The van der Waals surface area contributed by atoms with Gasteiger partial charge in [0.25, 0.3) is 0 Å². The highest BCUT2D eigenvalue weighted by atomic mass is 32.2. The summed E-state index contributed by atoms with van der Waals surface area (Å²) in [5.41, 5.74) is 2.26. The molecule has 0 amide bonds. The van der Waals surface area contributed by atoms with Gasteiger partial charge >= 0.3 is 0 Å². The van der Waals surface area contributed by atoms with E-state index in [9.17, 15) is 0 Å². The van der Waals surface area contributed by atoms with Crippen LogP contribution in [-0.4, -0.2) is 16.5 Å². The van der Waals surface area contributed by atoms with Gasteiger partial charge in [-0.2, -0.15) is 5.10 Å². The van der Waals surface area contributed by atoms with Crippen molar-refractivity contribution >= 4 is 17.4 Å². The Morgan fingerprint density at radius 2 is 2.12 bits per heavy atom. The summed E-state index contributed by atoms with van der Waals surface area (Å²) in [5, 5.41) is 10.4. The maximum absolute atomic E-state index is 3.96. The van der Waals surface area contributed by atoms with Crippen molar-refractivity contribution in [2.45, 2.75) is 17.9 Å². The summed E-state index contributed by atoms with van der Waals surface area (Å²) in [6, 6.07) is 10.5. The molecule has 16 heavy (non-hydrogen) atoms. The second-order valence-corrected chi connectivity index (χ2v) is 4.43. The lowest BCUT2D eigenvalue weighted by Gasteiger charge is -2.15. The molecule has 4 heteroatoms. The fourth-order valence-corrected chi connectivity index (χ4v) is 2.14. The summed E-state index contributed by atoms with van der Waals surface area (Å²) >= 11 is 1.75. The van der Waals surface area contributed by atoms with E-state index in [0.29, 0.717) is 0 Å². The Balaban J connectivity index is 2.14. The van der Waals surface area contributed by atoms with E-state index in [4.69, 9.17) is 0 Å². The van der Waals surface area contributed by atoms with Crippen molar-refractivity contribution in [3.05, 3.63) is 42.2 Å². The van der Waals surface area contributed by atoms with E-state index in [2.05, 4.69) is 46.9 Å². The van der Waals surface area contributed by atoms with Crippen molar-refractivity contribution in [2.75, 3.05) is 11.6 Å². The number of H-pyrrole nitrogens is 1. The molecule has 0 bridgehead atoms. The topological polar surface area (TPSA) is 40.7 Å². The van der Waals surface area contributed by atoms with E-state index < -0.39 is 0 Å². The summed E-state index contributed by atoms with van der Waals surface area (Å²) in [7, 11) is 0. The van der Waals surface area contributed by atoms with Gasteiger partial charge in [0.05, 0.1) is 11.7 Å². The van der Waals surface area contributed by atoms with E-state index in [-0.39, 0.29) is 6.04 Å². The highest BCUT2D eigenvalue weighted by molar-refractivity contribution is 7.98. The largest absolute Gasteiger partial charge is 0.376 e. The van der Waals surface area contributed by atoms with Crippen LogP contribution in [0.1, 0.15) is 18.7 Å². The summed E-state index contributed by atoms with van der Waals surface area (Å²) in [6.07, 6.45) is 3.86. The lowest BCUT2D eigenvalue weighted by Crippen LogP contribution is -2.07. The number of aromatic amines is 1. The Hall–Kier alpha value is -1.42. The number of thioether (sulfide) groups is 1. The molecule has 2 rings (SSSR count). The van der Waals surface area contributed by atoms with Crippen LogP contribution >= 0.6 is 11.8 Å². The van der Waals surface area contributed by atoms with Crippen molar-refractivity contribution in [1.29, 1.82) is 0 Å². The van der Waals surface area contributed by atoms with Gasteiger partial charge < -0.3 is 5.32 Å². The third kappa shape index (κ3) is 2.39. The van der Waals surface area contributed by atoms with E-state index in [1.165, 1.54) is 4.90 Å². The van der Waals surface area contributed by atoms with Gasteiger partial charge in [-0.3, -0.25) is 5.10 Å². The van der Waals surface area contributed by atoms with E-state index >= 15 is 0 Å². The Bertz CT molecular complexity index is 439. The average Bonchev–Trinajstić information content (AvgIpc) is 2.83. The van der Waals surface area contributed by atoms with Gasteiger partial charge in [0.1, 0.15) is 0 Å². The molecule has 1 unspecified atom stereocenters. The number of benzene rings is 1. The maximum atomic E-state index is 3.96. The van der Waals surface area contributed by atoms with Crippen LogP contribution in [-0.2, 0) is 0 Å². The summed E-state index contributed by atoms with van der Waals surface area (Å²) in [6.45, 7) is 2.12. The van der Waals surface area contributed by atoms with Gasteiger partial charge in [-0.15, -0.1) is 11.8 Å². The van der Waals surface area contributed by atoms with Gasteiger partial charge in [0.15, 0.2) is 0 Å². The molecule has 0 aliphatic rings. The van der Waals surface area contributed by atoms with Gasteiger partial charge in [0.2, 0.25) is 0 Å². The number of anilines is 1. The first-order valence-electron chi connectivity index (χ1n) is 5.20. The van der Waals surface area contributed by atoms with Crippen LogP contribution < -0.4 is 5.32 Å². The molecule has 0 radical (unpaired) electrons. The molecule has 84 valence electrons. The first-order chi connectivity index (χ1) is 7.81. The van der Waals surface area contributed by atoms with Crippen molar-refractivity contribution in [1.82, 2.24) is 10.2 Å². The van der Waals surface area contributed by atoms with Gasteiger partial charge in [-0.05, 0) is 31.4 Å². The SMILES string of the molecule is CSc1ccccc1NC(C)c1ccn[nH]1. The molecule has 0 fully saturated rings. The molecule has 1 heterocycles. The molecule has 1 aromatic carbocycles. The van der Waals surface area contributed by atoms with Crippen molar-refractivity contribution < 1.29 is 0 Å². The van der Waals surface area contributed by atoms with Gasteiger partial charge in [-0.25, -0.2) is 0 Å². The van der Waals surface area contributed by atoms with Gasteiger partial charge in [0, 0.05) is 16.8 Å². The molecule has 0 saturated heterocycles. The lowest BCUT2D eigenvalue weighted by atomic mass is 10.2. The second kappa shape index (κ2) is 5.07. The Morgan fingerprint density at radius 1 is 1.31 bits per heavy atom. The smallest absolute Gasteiger partial charge is 0.0651 e. The lowest BCUT2D eigenvalue weighted by molar-refractivity contribution is 0.822. The molecule has 1 aromatic heterocycles. The number of aromatic nitrogens is 2. The predicted molar refractivity (Wildman–Crippen MR) is 68.8 cm³/mol. The maximum Gasteiger partial charge on any atom is 0.0651 e. The number of para-hydroxylation sites is 1.